The van der Waals surface area contributed by atoms with Gasteiger partial charge in [-0.3, -0.25) is 37.3 Å². The number of carbonyl (C=O) groups excluding carboxylic acids is 4. The number of rotatable bonds is 80. The zero-order valence-electron chi connectivity index (χ0n) is 65.5. The summed E-state index contributed by atoms with van der Waals surface area (Å²) in [5.41, 5.74) is 0. The van der Waals surface area contributed by atoms with E-state index in [-0.39, 0.29) is 25.7 Å². The standard InChI is InChI=1S/C82H156O17P2/c1-6-9-12-15-17-19-21-23-25-26-27-28-29-30-31-37-41-45-49-53-58-63-68-82(87)99-78(72-93-80(85)66-61-56-51-47-43-39-36-33-32-35-38-42-46-50-55-59-64-75(4)5)74-97-101(90,91)95-70-76(83)69-94-100(88,89)96-73-77(71-92-79(84)65-60-54-14-11-8-3)98-81(86)67-62-57-52-48-44-40-34-24-22-20-18-16-13-10-7-2/h20,22,24,34,75-78,83H,6-19,21,23,25-33,35-74H2,1-5H3,(H,88,89)(H,90,91)/b22-20-,34-24-/t76-,77+,78+/m0/s1. The molecule has 0 aromatic carbocycles. The van der Waals surface area contributed by atoms with E-state index in [1.807, 2.05) is 0 Å². The van der Waals surface area contributed by atoms with Gasteiger partial charge in [-0.2, -0.15) is 0 Å². The zero-order chi connectivity index (χ0) is 74.1. The van der Waals surface area contributed by atoms with Gasteiger partial charge in [0.1, 0.15) is 19.3 Å². The molecule has 0 aromatic heterocycles. The van der Waals surface area contributed by atoms with Crippen molar-refractivity contribution in [2.45, 2.75) is 432 Å². The van der Waals surface area contributed by atoms with Gasteiger partial charge in [-0.25, -0.2) is 9.13 Å². The number of carbonyl (C=O) groups is 4. The van der Waals surface area contributed by atoms with Crippen LogP contribution in [0.25, 0.3) is 0 Å². The predicted octanol–water partition coefficient (Wildman–Crippen LogP) is 24.4. The number of hydrogen-bond donors (Lipinski definition) is 3. The highest BCUT2D eigenvalue weighted by Gasteiger charge is 2.30. The first-order valence-electron chi connectivity index (χ1n) is 42.0. The minimum absolute atomic E-state index is 0.0845. The summed E-state index contributed by atoms with van der Waals surface area (Å²) < 4.78 is 68.4. The van der Waals surface area contributed by atoms with Crippen LogP contribution in [-0.2, 0) is 65.4 Å². The van der Waals surface area contributed by atoms with Crippen molar-refractivity contribution in [1.29, 1.82) is 0 Å². The van der Waals surface area contributed by atoms with Crippen LogP contribution >= 0.6 is 15.6 Å². The summed E-state index contributed by atoms with van der Waals surface area (Å²) in [4.78, 5) is 72.7. The van der Waals surface area contributed by atoms with E-state index in [1.54, 1.807) is 0 Å². The lowest BCUT2D eigenvalue weighted by atomic mass is 10.0. The summed E-state index contributed by atoms with van der Waals surface area (Å²) in [5.74, 6) is -1.34. The first kappa shape index (κ1) is 98.5. The van der Waals surface area contributed by atoms with Crippen molar-refractivity contribution in [2.75, 3.05) is 39.6 Å². The van der Waals surface area contributed by atoms with Gasteiger partial charge in [0.05, 0.1) is 26.4 Å². The average molecular weight is 1480 g/mol. The maximum Gasteiger partial charge on any atom is 0.472 e. The van der Waals surface area contributed by atoms with Gasteiger partial charge in [0.25, 0.3) is 0 Å². The summed E-state index contributed by atoms with van der Waals surface area (Å²) in [7, 11) is -9.92. The van der Waals surface area contributed by atoms with Crippen molar-refractivity contribution < 1.29 is 80.2 Å². The van der Waals surface area contributed by atoms with Crippen LogP contribution in [0.3, 0.4) is 0 Å². The molecule has 0 aliphatic heterocycles. The van der Waals surface area contributed by atoms with Crippen molar-refractivity contribution in [3.8, 4) is 0 Å². The van der Waals surface area contributed by atoms with Crippen LogP contribution in [0.2, 0.25) is 0 Å². The largest absolute Gasteiger partial charge is 0.472 e. The molecular weight excluding hydrogens is 1320 g/mol. The Kier molecular flexibility index (Phi) is 72.6. The van der Waals surface area contributed by atoms with E-state index in [1.165, 1.54) is 218 Å². The van der Waals surface area contributed by atoms with Crippen molar-refractivity contribution >= 4 is 39.5 Å². The van der Waals surface area contributed by atoms with Gasteiger partial charge in [0.15, 0.2) is 12.2 Å². The highest BCUT2D eigenvalue weighted by Crippen LogP contribution is 2.45. The van der Waals surface area contributed by atoms with Crippen LogP contribution in [0.4, 0.5) is 0 Å². The number of phosphoric acid groups is 2. The van der Waals surface area contributed by atoms with Crippen molar-refractivity contribution in [3.63, 3.8) is 0 Å². The SMILES string of the molecule is CCCCCC/C=C\C=C/CCCCCCCC(=O)O[C@H](COC(=O)CCCCCCC)COP(=O)(O)OC[C@H](O)COP(=O)(O)OC[C@@H](COC(=O)CCCCCCCCCCCCCCCCCCC(C)C)OC(=O)CCCCCCCCCCCCCCCCCCCCCCCC. The summed E-state index contributed by atoms with van der Waals surface area (Å²) >= 11 is 0. The number of ether oxygens (including phenoxy) is 4. The quantitative estimate of drug-likeness (QED) is 0.0169. The molecule has 0 saturated heterocycles. The fraction of sp³-hybridized carbons (Fsp3) is 0.902. The number of aliphatic hydroxyl groups excluding tert-OH is 1. The maximum absolute atomic E-state index is 13.1. The Morgan fingerprint density at radius 3 is 0.812 bits per heavy atom. The van der Waals surface area contributed by atoms with Crippen LogP contribution in [0.5, 0.6) is 0 Å². The molecule has 101 heavy (non-hydrogen) atoms. The Labute approximate surface area is 618 Å². The fourth-order valence-corrected chi connectivity index (χ4v) is 13.8. The predicted molar refractivity (Wildman–Crippen MR) is 414 cm³/mol. The minimum Gasteiger partial charge on any atom is -0.462 e. The molecule has 19 heteroatoms. The molecule has 0 heterocycles. The molecule has 0 fully saturated rings. The number of hydrogen-bond acceptors (Lipinski definition) is 15. The molecule has 0 aromatic rings. The van der Waals surface area contributed by atoms with E-state index >= 15 is 0 Å². The third kappa shape index (κ3) is 75.6. The van der Waals surface area contributed by atoms with Crippen LogP contribution < -0.4 is 0 Å². The number of esters is 4. The van der Waals surface area contributed by atoms with Crippen LogP contribution in [0, 0.1) is 5.92 Å². The molecule has 0 amide bonds. The second-order valence-corrected chi connectivity index (χ2v) is 32.2. The number of allylic oxidation sites excluding steroid dienone is 4. The smallest absolute Gasteiger partial charge is 0.462 e. The lowest BCUT2D eigenvalue weighted by Crippen LogP contribution is -2.30. The molecule has 0 aliphatic carbocycles. The van der Waals surface area contributed by atoms with E-state index < -0.39 is 97.5 Å². The molecule has 3 N–H and O–H groups in total. The second kappa shape index (κ2) is 74.4. The van der Waals surface area contributed by atoms with E-state index in [0.29, 0.717) is 25.7 Å². The Balaban J connectivity index is 5.14. The number of phosphoric ester groups is 2. The molecule has 0 bridgehead atoms. The fourth-order valence-electron chi connectivity index (χ4n) is 12.2. The Morgan fingerprint density at radius 1 is 0.307 bits per heavy atom. The van der Waals surface area contributed by atoms with Crippen molar-refractivity contribution in [2.24, 2.45) is 5.92 Å². The molecule has 0 aliphatic rings. The Bertz CT molecular complexity index is 2020. The molecular formula is C82H156O17P2. The monoisotopic (exact) mass is 1480 g/mol. The van der Waals surface area contributed by atoms with Crippen molar-refractivity contribution in [1.82, 2.24) is 0 Å². The highest BCUT2D eigenvalue weighted by atomic mass is 31.2. The van der Waals surface area contributed by atoms with Gasteiger partial charge in [0, 0.05) is 25.7 Å². The van der Waals surface area contributed by atoms with E-state index in [4.69, 9.17) is 37.0 Å². The average Bonchev–Trinajstić information content (AvgIpc) is 1.21. The summed E-state index contributed by atoms with van der Waals surface area (Å²) in [6, 6.07) is 0. The van der Waals surface area contributed by atoms with Gasteiger partial charge in [-0.15, -0.1) is 0 Å². The van der Waals surface area contributed by atoms with Crippen LogP contribution in [0.15, 0.2) is 24.3 Å². The molecule has 596 valence electrons. The van der Waals surface area contributed by atoms with Gasteiger partial charge in [0.2, 0.25) is 0 Å². The van der Waals surface area contributed by atoms with Crippen molar-refractivity contribution in [3.05, 3.63) is 24.3 Å². The summed E-state index contributed by atoms with van der Waals surface area (Å²) in [5, 5.41) is 10.6. The lowest BCUT2D eigenvalue weighted by molar-refractivity contribution is -0.161. The van der Waals surface area contributed by atoms with Gasteiger partial charge in [-0.05, 0) is 57.3 Å². The van der Waals surface area contributed by atoms with E-state index in [2.05, 4.69) is 58.9 Å². The minimum atomic E-state index is -4.96. The molecule has 0 rings (SSSR count). The molecule has 2 unspecified atom stereocenters. The summed E-state index contributed by atoms with van der Waals surface area (Å²) in [6.45, 7) is 7.20. The normalized spacial score (nSPS) is 14.0. The maximum atomic E-state index is 13.1. The zero-order valence-corrected chi connectivity index (χ0v) is 67.3. The van der Waals surface area contributed by atoms with Gasteiger partial charge < -0.3 is 33.8 Å². The van der Waals surface area contributed by atoms with Crippen LogP contribution in [-0.4, -0.2) is 96.7 Å². The van der Waals surface area contributed by atoms with Gasteiger partial charge >= 0.3 is 39.5 Å². The lowest BCUT2D eigenvalue weighted by Gasteiger charge is -2.21. The first-order chi connectivity index (χ1) is 49.0. The molecule has 17 nitrogen and oxygen atoms in total. The highest BCUT2D eigenvalue weighted by molar-refractivity contribution is 7.47. The van der Waals surface area contributed by atoms with Crippen LogP contribution in [0.1, 0.15) is 413 Å². The Hall–Kier alpha value is -2.46. The molecule has 0 radical (unpaired) electrons. The third-order valence-corrected chi connectivity index (χ3v) is 20.6. The number of aliphatic hydroxyl groups is 1. The first-order valence-corrected chi connectivity index (χ1v) is 44.9. The molecule has 0 spiro atoms. The summed E-state index contributed by atoms with van der Waals surface area (Å²) in [6.07, 6.45) is 69.4. The third-order valence-electron chi connectivity index (χ3n) is 18.7. The topological polar surface area (TPSA) is 237 Å². The van der Waals surface area contributed by atoms with Gasteiger partial charge in [-0.1, -0.05) is 361 Å². The van der Waals surface area contributed by atoms with E-state index in [0.717, 1.165) is 115 Å². The molecule has 5 atom stereocenters. The molecule has 0 saturated carbocycles. The second-order valence-electron chi connectivity index (χ2n) is 29.3. The Morgan fingerprint density at radius 2 is 0.535 bits per heavy atom. The van der Waals surface area contributed by atoms with E-state index in [9.17, 15) is 43.2 Å². The number of unbranched alkanes of at least 4 members (excludes halogenated alkanes) is 49.